The molecule has 0 unspecified atom stereocenters. The van der Waals surface area contributed by atoms with Crippen LogP contribution in [0.1, 0.15) is 5.56 Å². The number of benzene rings is 2. The van der Waals surface area contributed by atoms with Gasteiger partial charge in [0.25, 0.3) is 0 Å². The van der Waals surface area contributed by atoms with Crippen molar-refractivity contribution < 1.29 is 17.2 Å². The number of hydrogen-bond donors (Lipinski definition) is 1. The van der Waals surface area contributed by atoms with Crippen LogP contribution in [0.2, 0.25) is 0 Å². The van der Waals surface area contributed by atoms with Gasteiger partial charge in [-0.05, 0) is 31.2 Å². The number of nitrogens with two attached hydrogens (primary N) is 1. The maximum Gasteiger partial charge on any atom is 0.312 e. The molecule has 5 nitrogen and oxygen atoms in total. The van der Waals surface area contributed by atoms with Gasteiger partial charge < -0.3 is 0 Å². The molecule has 3 rings (SSSR count). The lowest BCUT2D eigenvalue weighted by atomic mass is 10.1. The summed E-state index contributed by atoms with van der Waals surface area (Å²) < 4.78 is 52.1. The molecule has 0 aliphatic carbocycles. The lowest BCUT2D eigenvalue weighted by Gasteiger charge is -2.10. The van der Waals surface area contributed by atoms with Gasteiger partial charge in [-0.2, -0.15) is 0 Å². The van der Waals surface area contributed by atoms with E-state index in [0.717, 1.165) is 29.0 Å². The van der Waals surface area contributed by atoms with E-state index in [2.05, 4.69) is 0 Å². The zero-order valence-electron chi connectivity index (χ0n) is 12.9. The van der Waals surface area contributed by atoms with Crippen LogP contribution < -0.4 is 10.0 Å². The van der Waals surface area contributed by atoms with Gasteiger partial charge in [0.05, 0.1) is 11.4 Å². The molecule has 0 saturated carbocycles. The maximum absolute atomic E-state index is 14.1. The Hall–Kier alpha value is -2.36. The molecule has 0 fully saturated rings. The topological polar surface area (TPSA) is 82.2 Å². The van der Waals surface area contributed by atoms with Crippen LogP contribution in [0.15, 0.2) is 51.5 Å². The highest BCUT2D eigenvalue weighted by Crippen LogP contribution is 2.28. The number of aryl methyl sites for hydroxylation is 1. The lowest BCUT2D eigenvalue weighted by Crippen LogP contribution is -2.16. The van der Waals surface area contributed by atoms with Crippen LogP contribution in [0.3, 0.4) is 0 Å². The normalized spacial score (nSPS) is 11.7. The molecule has 2 aromatic carbocycles. The molecule has 25 heavy (non-hydrogen) atoms. The molecule has 0 amide bonds. The minimum absolute atomic E-state index is 0.0290. The molecule has 130 valence electrons. The van der Waals surface area contributed by atoms with E-state index in [4.69, 9.17) is 5.14 Å². The van der Waals surface area contributed by atoms with E-state index in [0.29, 0.717) is 5.69 Å². The van der Waals surface area contributed by atoms with Crippen molar-refractivity contribution in [2.75, 3.05) is 0 Å². The molecule has 0 atom stereocenters. The Labute approximate surface area is 146 Å². The second kappa shape index (κ2) is 6.17. The highest BCUT2D eigenvalue weighted by Gasteiger charge is 2.23. The number of aromatic nitrogens is 1. The van der Waals surface area contributed by atoms with Gasteiger partial charge in [0.2, 0.25) is 10.0 Å². The molecule has 0 spiro atoms. The van der Waals surface area contributed by atoms with Crippen LogP contribution in [0.25, 0.3) is 16.9 Å². The summed E-state index contributed by atoms with van der Waals surface area (Å²) in [5.74, 6) is -2.63. The number of halogens is 2. The largest absolute Gasteiger partial charge is 0.312 e. The van der Waals surface area contributed by atoms with Crippen molar-refractivity contribution in [3.63, 3.8) is 0 Å². The molecule has 0 radical (unpaired) electrons. The molecule has 1 aromatic heterocycles. The van der Waals surface area contributed by atoms with Crippen molar-refractivity contribution in [3.05, 3.63) is 68.6 Å². The van der Waals surface area contributed by atoms with Crippen molar-refractivity contribution >= 4 is 21.4 Å². The first-order chi connectivity index (χ1) is 11.7. The molecule has 0 saturated heterocycles. The van der Waals surface area contributed by atoms with Crippen molar-refractivity contribution in [2.24, 2.45) is 5.14 Å². The van der Waals surface area contributed by atoms with Crippen molar-refractivity contribution in [1.29, 1.82) is 0 Å². The Morgan fingerprint density at radius 3 is 2.16 bits per heavy atom. The summed E-state index contributed by atoms with van der Waals surface area (Å²) in [5, 5.41) is 6.28. The third kappa shape index (κ3) is 3.26. The van der Waals surface area contributed by atoms with Gasteiger partial charge in [-0.3, -0.25) is 9.36 Å². The van der Waals surface area contributed by atoms with Gasteiger partial charge in [-0.25, -0.2) is 22.3 Å². The van der Waals surface area contributed by atoms with Crippen molar-refractivity contribution in [2.45, 2.75) is 11.8 Å². The molecular formula is C16H12F2N2O3S2. The predicted octanol–water partition coefficient (Wildman–Crippen LogP) is 2.80. The SMILES string of the molecule is Cc1ccc(-n2c(-c3cc(F)c(S(N)(=O)=O)c(F)c3)csc2=O)cc1. The molecule has 0 aliphatic heterocycles. The molecule has 2 N–H and O–H groups in total. The second-order valence-electron chi connectivity index (χ2n) is 5.37. The zero-order valence-corrected chi connectivity index (χ0v) is 14.5. The van der Waals surface area contributed by atoms with E-state index in [9.17, 15) is 22.0 Å². The number of rotatable bonds is 3. The fourth-order valence-corrected chi connectivity index (χ4v) is 3.85. The standard InChI is InChI=1S/C16H12F2N2O3S2/c1-9-2-4-11(5-3-9)20-14(8-24-16(20)21)10-6-12(17)15(13(18)7-10)25(19,22)23/h2-8H,1H3,(H2,19,22,23). The summed E-state index contributed by atoms with van der Waals surface area (Å²) in [7, 11) is -4.54. The predicted molar refractivity (Wildman–Crippen MR) is 91.4 cm³/mol. The fourth-order valence-electron chi connectivity index (χ4n) is 2.43. The third-order valence-corrected chi connectivity index (χ3v) is 5.25. The van der Waals surface area contributed by atoms with Crippen molar-refractivity contribution in [3.8, 4) is 16.9 Å². The lowest BCUT2D eigenvalue weighted by molar-refractivity contribution is 0.520. The Bertz CT molecular complexity index is 1090. The quantitative estimate of drug-likeness (QED) is 0.756. The summed E-state index contributed by atoms with van der Waals surface area (Å²) in [6.45, 7) is 1.89. The first-order valence-corrected chi connectivity index (χ1v) is 9.41. The number of hydrogen-bond acceptors (Lipinski definition) is 4. The van der Waals surface area contributed by atoms with E-state index in [1.165, 1.54) is 9.95 Å². The first kappa shape index (κ1) is 17.5. The van der Waals surface area contributed by atoms with E-state index >= 15 is 0 Å². The van der Waals surface area contributed by atoms with Crippen LogP contribution in [-0.4, -0.2) is 13.0 Å². The summed E-state index contributed by atoms with van der Waals surface area (Å²) in [6.07, 6.45) is 0. The van der Waals surface area contributed by atoms with Gasteiger partial charge in [0.1, 0.15) is 11.6 Å². The van der Waals surface area contributed by atoms with Gasteiger partial charge in [0.15, 0.2) is 4.90 Å². The van der Waals surface area contributed by atoms with Gasteiger partial charge in [0, 0.05) is 10.9 Å². The highest BCUT2D eigenvalue weighted by atomic mass is 32.2. The summed E-state index contributed by atoms with van der Waals surface area (Å²) >= 11 is 0.866. The van der Waals surface area contributed by atoms with Crippen LogP contribution in [0, 0.1) is 18.6 Å². The number of thiazole rings is 1. The first-order valence-electron chi connectivity index (χ1n) is 6.98. The van der Waals surface area contributed by atoms with Crippen LogP contribution in [0.5, 0.6) is 0 Å². The Balaban J connectivity index is 2.23. The Morgan fingerprint density at radius 1 is 1.08 bits per heavy atom. The average Bonchev–Trinajstić information content (AvgIpc) is 2.87. The zero-order chi connectivity index (χ0) is 18.4. The van der Waals surface area contributed by atoms with Gasteiger partial charge >= 0.3 is 4.87 Å². The molecular weight excluding hydrogens is 370 g/mol. The summed E-state index contributed by atoms with van der Waals surface area (Å²) in [4.78, 5) is 10.6. The molecule has 0 bridgehead atoms. The minimum Gasteiger partial charge on any atom is -0.267 e. The average molecular weight is 382 g/mol. The van der Waals surface area contributed by atoms with Crippen molar-refractivity contribution in [1.82, 2.24) is 4.57 Å². The molecule has 1 heterocycles. The number of nitrogens with zero attached hydrogens (tertiary/aromatic N) is 1. The summed E-state index contributed by atoms with van der Waals surface area (Å²) in [6, 6.07) is 8.70. The smallest absolute Gasteiger partial charge is 0.267 e. The Morgan fingerprint density at radius 2 is 1.64 bits per heavy atom. The van der Waals surface area contributed by atoms with Gasteiger partial charge in [-0.15, -0.1) is 0 Å². The molecule has 9 heteroatoms. The van der Waals surface area contributed by atoms with E-state index in [1.54, 1.807) is 24.3 Å². The van der Waals surface area contributed by atoms with Crippen LogP contribution in [-0.2, 0) is 10.0 Å². The molecule has 0 aliphatic rings. The Kier molecular flexibility index (Phi) is 4.31. The fraction of sp³-hybridized carbons (Fsp3) is 0.0625. The van der Waals surface area contributed by atoms with Gasteiger partial charge in [-0.1, -0.05) is 29.0 Å². The highest BCUT2D eigenvalue weighted by molar-refractivity contribution is 7.89. The van der Waals surface area contributed by atoms with Crippen LogP contribution >= 0.6 is 11.3 Å². The number of primary sulfonamides is 1. The molecule has 3 aromatic rings. The maximum atomic E-state index is 14.1. The number of sulfonamides is 1. The second-order valence-corrected chi connectivity index (χ2v) is 7.69. The van der Waals surface area contributed by atoms with E-state index in [-0.39, 0.29) is 16.1 Å². The summed E-state index contributed by atoms with van der Waals surface area (Å²) in [5.41, 5.74) is 1.80. The minimum atomic E-state index is -4.54. The third-order valence-electron chi connectivity index (χ3n) is 3.57. The van der Waals surface area contributed by atoms with Crippen LogP contribution in [0.4, 0.5) is 8.78 Å². The van der Waals surface area contributed by atoms with E-state index in [1.807, 2.05) is 6.92 Å². The monoisotopic (exact) mass is 382 g/mol. The van der Waals surface area contributed by atoms with E-state index < -0.39 is 26.6 Å².